The summed E-state index contributed by atoms with van der Waals surface area (Å²) >= 11 is 0. The maximum absolute atomic E-state index is 12.1. The average Bonchev–Trinajstić information content (AvgIpc) is 2.88. The first-order valence-electron chi connectivity index (χ1n) is 11.7. The molecule has 0 aromatic rings. The van der Waals surface area contributed by atoms with E-state index in [-0.39, 0.29) is 10.8 Å². The van der Waals surface area contributed by atoms with Gasteiger partial charge in [0.05, 0.1) is 5.60 Å². The molecule has 1 nitrogen and oxygen atoms in total. The Labute approximate surface area is 172 Å². The molecule has 28 heavy (non-hydrogen) atoms. The van der Waals surface area contributed by atoms with Gasteiger partial charge in [-0.05, 0) is 79.8 Å². The molecule has 0 spiro atoms. The molecule has 4 aliphatic rings. The summed E-state index contributed by atoms with van der Waals surface area (Å²) in [6.07, 6.45) is 16.3. The Morgan fingerprint density at radius 1 is 1.25 bits per heavy atom. The van der Waals surface area contributed by atoms with Crippen LogP contribution in [0.3, 0.4) is 0 Å². The van der Waals surface area contributed by atoms with Gasteiger partial charge < -0.3 is 5.11 Å². The molecule has 0 bridgehead atoms. The summed E-state index contributed by atoms with van der Waals surface area (Å²) in [5, 5.41) is 12.1. The molecule has 0 heterocycles. The Balaban J connectivity index is 1.67. The topological polar surface area (TPSA) is 20.2 Å². The van der Waals surface area contributed by atoms with E-state index >= 15 is 0 Å². The van der Waals surface area contributed by atoms with Crippen molar-refractivity contribution in [3.63, 3.8) is 0 Å². The predicted octanol–water partition coefficient (Wildman–Crippen LogP) is 7.00. The minimum atomic E-state index is -0.689. The molecule has 0 aromatic heterocycles. The fourth-order valence-electron chi connectivity index (χ4n) is 7.95. The zero-order valence-electron chi connectivity index (χ0n) is 18.6. The van der Waals surface area contributed by atoms with Crippen molar-refractivity contribution in [3.8, 4) is 0 Å². The number of rotatable bonds is 4. The van der Waals surface area contributed by atoms with Gasteiger partial charge in [0, 0.05) is 10.8 Å². The lowest BCUT2D eigenvalue weighted by Crippen LogP contribution is -2.55. The molecular formula is C27H40O. The lowest BCUT2D eigenvalue weighted by molar-refractivity contribution is -0.113. The largest absolute Gasteiger partial charge is 0.385 e. The fraction of sp³-hybridized carbons (Fsp3) is 0.704. The van der Waals surface area contributed by atoms with Crippen LogP contribution < -0.4 is 0 Å². The van der Waals surface area contributed by atoms with E-state index < -0.39 is 5.60 Å². The zero-order chi connectivity index (χ0) is 20.3. The van der Waals surface area contributed by atoms with Gasteiger partial charge in [-0.3, -0.25) is 0 Å². The molecule has 0 amide bonds. The molecule has 4 aliphatic carbocycles. The summed E-state index contributed by atoms with van der Waals surface area (Å²) in [4.78, 5) is 0. The van der Waals surface area contributed by atoms with Crippen molar-refractivity contribution in [1.29, 1.82) is 0 Å². The van der Waals surface area contributed by atoms with E-state index in [1.807, 2.05) is 0 Å². The Morgan fingerprint density at radius 2 is 2.00 bits per heavy atom. The second-order valence-corrected chi connectivity index (χ2v) is 10.8. The predicted molar refractivity (Wildman–Crippen MR) is 119 cm³/mol. The van der Waals surface area contributed by atoms with Crippen LogP contribution in [0.25, 0.3) is 0 Å². The van der Waals surface area contributed by atoms with Crippen LogP contribution in [0.4, 0.5) is 0 Å². The van der Waals surface area contributed by atoms with Crippen LogP contribution in [-0.4, -0.2) is 10.7 Å². The van der Waals surface area contributed by atoms with Crippen molar-refractivity contribution in [1.82, 2.24) is 0 Å². The van der Waals surface area contributed by atoms with Crippen LogP contribution in [0, 0.1) is 34.5 Å². The lowest BCUT2D eigenvalue weighted by atomic mass is 9.47. The van der Waals surface area contributed by atoms with E-state index in [0.717, 1.165) is 36.8 Å². The lowest BCUT2D eigenvalue weighted by Gasteiger charge is -2.58. The van der Waals surface area contributed by atoms with E-state index in [1.54, 1.807) is 5.57 Å². The molecule has 154 valence electrons. The molecule has 0 saturated heterocycles. The van der Waals surface area contributed by atoms with E-state index in [9.17, 15) is 5.11 Å². The summed E-state index contributed by atoms with van der Waals surface area (Å²) < 4.78 is 0. The van der Waals surface area contributed by atoms with Crippen molar-refractivity contribution in [2.24, 2.45) is 34.5 Å². The molecular weight excluding hydrogens is 340 g/mol. The summed E-state index contributed by atoms with van der Waals surface area (Å²) in [7, 11) is 0. The normalized spacial score (nSPS) is 47.2. The van der Waals surface area contributed by atoms with Crippen molar-refractivity contribution in [2.75, 3.05) is 0 Å². The molecule has 0 radical (unpaired) electrons. The van der Waals surface area contributed by atoms with E-state index in [4.69, 9.17) is 0 Å². The van der Waals surface area contributed by atoms with Gasteiger partial charge in [-0.1, -0.05) is 71.1 Å². The third-order valence-corrected chi connectivity index (χ3v) is 9.60. The highest BCUT2D eigenvalue weighted by atomic mass is 16.3. The highest BCUT2D eigenvalue weighted by Gasteiger charge is 2.66. The van der Waals surface area contributed by atoms with Gasteiger partial charge in [0.15, 0.2) is 0 Å². The van der Waals surface area contributed by atoms with Gasteiger partial charge in [-0.25, -0.2) is 0 Å². The number of hydrogen-bond donors (Lipinski definition) is 1. The SMILES string of the molecule is C=C1C=C[C@@]2(C)C(=C1)CCC1C2CC[C@@]2(C)C1C[C@@H](C)[C@]2(O)C(=C)CCCC. The number of aliphatic hydroxyl groups is 1. The first-order valence-corrected chi connectivity index (χ1v) is 11.7. The number of hydrogen-bond acceptors (Lipinski definition) is 1. The van der Waals surface area contributed by atoms with E-state index in [2.05, 4.69) is 59.1 Å². The summed E-state index contributed by atoms with van der Waals surface area (Å²) in [5.41, 5.74) is 3.35. The van der Waals surface area contributed by atoms with Gasteiger partial charge in [0.2, 0.25) is 0 Å². The van der Waals surface area contributed by atoms with Gasteiger partial charge in [0.25, 0.3) is 0 Å². The van der Waals surface area contributed by atoms with E-state index in [1.165, 1.54) is 25.7 Å². The van der Waals surface area contributed by atoms with Crippen LogP contribution in [0.15, 0.2) is 48.1 Å². The summed E-state index contributed by atoms with van der Waals surface area (Å²) in [5.74, 6) is 2.35. The van der Waals surface area contributed by atoms with Gasteiger partial charge in [0.1, 0.15) is 0 Å². The number of allylic oxidation sites excluding steroid dienone is 5. The Bertz CT molecular complexity index is 741. The third-order valence-electron chi connectivity index (χ3n) is 9.60. The van der Waals surface area contributed by atoms with Crippen molar-refractivity contribution in [2.45, 2.75) is 84.7 Å². The molecule has 3 saturated carbocycles. The maximum Gasteiger partial charge on any atom is 0.0935 e. The minimum absolute atomic E-state index is 0.0159. The molecule has 7 atom stereocenters. The molecule has 0 aromatic carbocycles. The molecule has 3 unspecified atom stereocenters. The first-order chi connectivity index (χ1) is 13.2. The van der Waals surface area contributed by atoms with Crippen molar-refractivity contribution < 1.29 is 5.11 Å². The summed E-state index contributed by atoms with van der Waals surface area (Å²) in [6, 6.07) is 0. The van der Waals surface area contributed by atoms with Crippen LogP contribution in [-0.2, 0) is 0 Å². The summed E-state index contributed by atoms with van der Waals surface area (Å²) in [6.45, 7) is 18.0. The van der Waals surface area contributed by atoms with Crippen LogP contribution >= 0.6 is 0 Å². The second kappa shape index (κ2) is 6.73. The third kappa shape index (κ3) is 2.54. The smallest absolute Gasteiger partial charge is 0.0935 e. The average molecular weight is 381 g/mol. The van der Waals surface area contributed by atoms with E-state index in [0.29, 0.717) is 23.7 Å². The Kier molecular flexibility index (Phi) is 4.85. The molecule has 3 fully saturated rings. The standard InChI is InChI=1S/C27H40O/c1-7-8-9-19(3)27(28)20(4)17-24-22-11-10-21-16-18(2)12-14-25(21,5)23(22)13-15-26(24,27)6/h12,14,16,20,22-24,28H,2-3,7-11,13,15,17H2,1,4-6H3/t20-,22?,23?,24?,25+,26+,27-/m1/s1. The Morgan fingerprint density at radius 3 is 2.71 bits per heavy atom. The zero-order valence-corrected chi connectivity index (χ0v) is 18.6. The Hall–Kier alpha value is -1.08. The molecule has 0 aliphatic heterocycles. The highest BCUT2D eigenvalue weighted by molar-refractivity contribution is 5.43. The van der Waals surface area contributed by atoms with Crippen molar-refractivity contribution >= 4 is 0 Å². The van der Waals surface area contributed by atoms with Crippen LogP contribution in [0.1, 0.15) is 79.1 Å². The van der Waals surface area contributed by atoms with Crippen LogP contribution in [0.5, 0.6) is 0 Å². The maximum atomic E-state index is 12.1. The monoisotopic (exact) mass is 380 g/mol. The quantitative estimate of drug-likeness (QED) is 0.520. The molecule has 4 rings (SSSR count). The number of unbranched alkanes of at least 4 members (excludes halogenated alkanes) is 1. The van der Waals surface area contributed by atoms with Gasteiger partial charge >= 0.3 is 0 Å². The van der Waals surface area contributed by atoms with Crippen LogP contribution in [0.2, 0.25) is 0 Å². The highest BCUT2D eigenvalue weighted by Crippen LogP contribution is 2.69. The number of fused-ring (bicyclic) bond motifs is 5. The molecule has 1 N–H and O–H groups in total. The molecule has 1 heteroatoms. The second-order valence-electron chi connectivity index (χ2n) is 10.8. The van der Waals surface area contributed by atoms with Gasteiger partial charge in [-0.15, -0.1) is 0 Å². The van der Waals surface area contributed by atoms with Crippen molar-refractivity contribution in [3.05, 3.63) is 48.1 Å². The first kappa shape index (κ1) is 20.2. The minimum Gasteiger partial charge on any atom is -0.385 e. The van der Waals surface area contributed by atoms with Gasteiger partial charge in [-0.2, -0.15) is 0 Å². The fourth-order valence-corrected chi connectivity index (χ4v) is 7.95.